The van der Waals surface area contributed by atoms with E-state index in [0.717, 1.165) is 24.2 Å². The van der Waals surface area contributed by atoms with Gasteiger partial charge in [0.1, 0.15) is 4.70 Å². The number of nitrogens with zero attached hydrogens (tertiary/aromatic N) is 4. The number of carbonyl (C=O) groups is 2. The Labute approximate surface area is 205 Å². The fraction of sp³-hybridized carbons (Fsp3) is 0.375. The molecule has 4 rings (SSSR count). The van der Waals surface area contributed by atoms with Crippen molar-refractivity contribution >= 4 is 39.4 Å². The van der Waals surface area contributed by atoms with Crippen LogP contribution in [0.3, 0.4) is 0 Å². The zero-order valence-corrected chi connectivity index (χ0v) is 19.9. The van der Waals surface area contributed by atoms with Gasteiger partial charge in [-0.05, 0) is 37.0 Å². The number of hydrogen-bond donors (Lipinski definition) is 3. The molecule has 1 aliphatic rings. The lowest BCUT2D eigenvalue weighted by molar-refractivity contribution is -0.137. The molecule has 1 aromatic carbocycles. The first-order valence-corrected chi connectivity index (χ1v) is 12.2. The summed E-state index contributed by atoms with van der Waals surface area (Å²) in [5.41, 5.74) is 7.52. The van der Waals surface area contributed by atoms with E-state index in [1.54, 1.807) is 22.8 Å². The van der Waals surface area contributed by atoms with Gasteiger partial charge < -0.3 is 21.1 Å². The van der Waals surface area contributed by atoms with Crippen molar-refractivity contribution in [3.05, 3.63) is 56.7 Å². The van der Waals surface area contributed by atoms with Crippen molar-refractivity contribution in [3.8, 4) is 6.07 Å². The molecule has 3 heterocycles. The zero-order valence-electron chi connectivity index (χ0n) is 19.1. The van der Waals surface area contributed by atoms with Crippen molar-refractivity contribution < 1.29 is 14.7 Å². The predicted molar refractivity (Wildman–Crippen MR) is 133 cm³/mol. The third-order valence-electron chi connectivity index (χ3n) is 5.90. The lowest BCUT2D eigenvalue weighted by atomic mass is 10.1. The molecule has 10 nitrogen and oxygen atoms in total. The normalized spacial score (nSPS) is 15.7. The van der Waals surface area contributed by atoms with Gasteiger partial charge in [0.2, 0.25) is 5.95 Å². The van der Waals surface area contributed by atoms with E-state index in [-0.39, 0.29) is 37.0 Å². The number of nitriles is 1. The summed E-state index contributed by atoms with van der Waals surface area (Å²) in [5.74, 6) is -0.828. The first kappa shape index (κ1) is 24.4. The minimum atomic E-state index is -0.922. The molecule has 0 aliphatic carbocycles. The molecule has 1 fully saturated rings. The van der Waals surface area contributed by atoms with Crippen LogP contribution < -0.4 is 21.5 Å². The van der Waals surface area contributed by atoms with Crippen LogP contribution >= 0.6 is 11.3 Å². The number of thiophene rings is 1. The highest BCUT2D eigenvalue weighted by atomic mass is 32.1. The third-order valence-corrected chi connectivity index (χ3v) is 7.01. The molecule has 4 N–H and O–H groups in total. The maximum Gasteiger partial charge on any atom is 0.303 e. The number of hydrogen-bond acceptors (Lipinski definition) is 8. The smallest absolute Gasteiger partial charge is 0.303 e. The number of nitrogens with two attached hydrogens (primary N) is 1. The van der Waals surface area contributed by atoms with Crippen LogP contribution in [0, 0.1) is 11.3 Å². The van der Waals surface area contributed by atoms with Gasteiger partial charge in [-0.2, -0.15) is 5.26 Å². The summed E-state index contributed by atoms with van der Waals surface area (Å²) < 4.78 is 1.90. The van der Waals surface area contributed by atoms with Crippen molar-refractivity contribution in [2.75, 3.05) is 24.5 Å². The minimum Gasteiger partial charge on any atom is -0.481 e. The molecule has 35 heavy (non-hydrogen) atoms. The summed E-state index contributed by atoms with van der Waals surface area (Å²) in [4.78, 5) is 44.0. The number of carboxylic acids is 1. The van der Waals surface area contributed by atoms with Crippen molar-refractivity contribution in [1.82, 2.24) is 14.9 Å². The summed E-state index contributed by atoms with van der Waals surface area (Å²) in [6.45, 7) is 1.64. The average Bonchev–Trinajstić information content (AvgIpc) is 3.28. The molecule has 182 valence electrons. The number of aliphatic carboxylic acids is 1. The van der Waals surface area contributed by atoms with Crippen LogP contribution in [0.15, 0.2) is 35.1 Å². The number of benzene rings is 1. The largest absolute Gasteiger partial charge is 0.481 e. The van der Waals surface area contributed by atoms with Crippen LogP contribution in [0.5, 0.6) is 0 Å². The van der Waals surface area contributed by atoms with E-state index in [4.69, 9.17) is 15.8 Å². The van der Waals surface area contributed by atoms with E-state index in [0.29, 0.717) is 51.7 Å². The van der Waals surface area contributed by atoms with E-state index >= 15 is 0 Å². The third kappa shape index (κ3) is 5.50. The topological polar surface area (TPSA) is 154 Å². The molecule has 0 bridgehead atoms. The van der Waals surface area contributed by atoms with Gasteiger partial charge in [0.15, 0.2) is 0 Å². The highest BCUT2D eigenvalue weighted by molar-refractivity contribution is 7.20. The van der Waals surface area contributed by atoms with Gasteiger partial charge in [-0.3, -0.25) is 19.0 Å². The maximum absolute atomic E-state index is 13.6. The monoisotopic (exact) mass is 494 g/mol. The summed E-state index contributed by atoms with van der Waals surface area (Å²) in [7, 11) is 0. The summed E-state index contributed by atoms with van der Waals surface area (Å²) in [6, 6.07) is 10.8. The first-order chi connectivity index (χ1) is 16.9. The lowest BCUT2D eigenvalue weighted by Crippen LogP contribution is -2.45. The quantitative estimate of drug-likeness (QED) is 0.401. The number of amides is 1. The fourth-order valence-corrected chi connectivity index (χ4v) is 5.11. The summed E-state index contributed by atoms with van der Waals surface area (Å²) in [6.07, 6.45) is 2.04. The standard InChI is InChI=1S/C24H26N6O4S/c25-12-15-5-1-2-6-16(15)13-30-23(34)21-18(28-24(30)29-10-4-7-17(26)14-29)11-19(35-21)22(33)27-9-3-8-20(31)32/h1-2,5-6,11,17H,3-4,7-10,13-14,26H2,(H,27,33)(H,31,32)/t17-/m1/s1. The second kappa shape index (κ2) is 10.7. The number of anilines is 1. The number of carboxylic acid groups (broad SMARTS) is 1. The highest BCUT2D eigenvalue weighted by Crippen LogP contribution is 2.26. The van der Waals surface area contributed by atoms with Gasteiger partial charge in [-0.15, -0.1) is 11.3 Å². The summed E-state index contributed by atoms with van der Waals surface area (Å²) in [5, 5.41) is 21.0. The van der Waals surface area contributed by atoms with E-state index in [9.17, 15) is 19.6 Å². The summed E-state index contributed by atoms with van der Waals surface area (Å²) >= 11 is 1.05. The van der Waals surface area contributed by atoms with Crippen LogP contribution in [-0.2, 0) is 11.3 Å². The van der Waals surface area contributed by atoms with E-state index in [1.807, 2.05) is 17.0 Å². The second-order valence-corrected chi connectivity index (χ2v) is 9.55. The van der Waals surface area contributed by atoms with Crippen LogP contribution in [0.1, 0.15) is 46.5 Å². The molecule has 0 radical (unpaired) electrons. The van der Waals surface area contributed by atoms with Crippen LogP contribution in [0.4, 0.5) is 5.95 Å². The molecule has 1 aliphatic heterocycles. The lowest BCUT2D eigenvalue weighted by Gasteiger charge is -2.33. The van der Waals surface area contributed by atoms with E-state index in [2.05, 4.69) is 11.4 Å². The molecular formula is C24H26N6O4S. The van der Waals surface area contributed by atoms with Gasteiger partial charge in [0, 0.05) is 32.1 Å². The van der Waals surface area contributed by atoms with Crippen LogP contribution in [0.2, 0.25) is 0 Å². The molecule has 11 heteroatoms. The van der Waals surface area contributed by atoms with Crippen molar-refractivity contribution in [3.63, 3.8) is 0 Å². The van der Waals surface area contributed by atoms with Crippen molar-refractivity contribution in [1.29, 1.82) is 5.26 Å². The van der Waals surface area contributed by atoms with Crippen LogP contribution in [-0.4, -0.2) is 52.2 Å². The zero-order chi connectivity index (χ0) is 24.9. The molecule has 1 amide bonds. The van der Waals surface area contributed by atoms with Gasteiger partial charge in [-0.1, -0.05) is 18.2 Å². The SMILES string of the molecule is N#Cc1ccccc1Cn1c(N2CCC[C@@H](N)C2)nc2cc(C(=O)NCCCC(=O)O)sc2c1=O. The number of aromatic nitrogens is 2. The number of nitrogens with one attached hydrogen (secondary N) is 1. The van der Waals surface area contributed by atoms with Gasteiger partial charge in [0.25, 0.3) is 11.5 Å². The van der Waals surface area contributed by atoms with Gasteiger partial charge >= 0.3 is 5.97 Å². The minimum absolute atomic E-state index is 0.0363. The Morgan fingerprint density at radius 2 is 2.14 bits per heavy atom. The first-order valence-electron chi connectivity index (χ1n) is 11.4. The van der Waals surface area contributed by atoms with Gasteiger partial charge in [0.05, 0.1) is 28.6 Å². The predicted octanol–water partition coefficient (Wildman–Crippen LogP) is 1.90. The molecule has 0 saturated carbocycles. The molecule has 2 aromatic heterocycles. The Kier molecular flexibility index (Phi) is 7.43. The Morgan fingerprint density at radius 1 is 1.34 bits per heavy atom. The Balaban J connectivity index is 1.72. The van der Waals surface area contributed by atoms with Crippen molar-refractivity contribution in [2.45, 2.75) is 38.3 Å². The Morgan fingerprint density at radius 3 is 2.89 bits per heavy atom. The van der Waals surface area contributed by atoms with Gasteiger partial charge in [-0.25, -0.2) is 4.98 Å². The molecule has 1 atom stereocenters. The molecule has 3 aromatic rings. The molecule has 0 spiro atoms. The van der Waals surface area contributed by atoms with E-state index < -0.39 is 5.97 Å². The number of rotatable bonds is 8. The second-order valence-electron chi connectivity index (χ2n) is 8.50. The van der Waals surface area contributed by atoms with Crippen molar-refractivity contribution in [2.24, 2.45) is 5.73 Å². The fourth-order valence-electron chi connectivity index (χ4n) is 4.15. The number of fused-ring (bicyclic) bond motifs is 1. The highest BCUT2D eigenvalue weighted by Gasteiger charge is 2.24. The molecular weight excluding hydrogens is 468 g/mol. The average molecular weight is 495 g/mol. The molecule has 1 saturated heterocycles. The number of piperidine rings is 1. The van der Waals surface area contributed by atoms with Crippen LogP contribution in [0.25, 0.3) is 10.2 Å². The Hall–Kier alpha value is -3.75. The maximum atomic E-state index is 13.6. The number of carbonyl (C=O) groups excluding carboxylic acids is 1. The van der Waals surface area contributed by atoms with E-state index in [1.165, 1.54) is 0 Å². The molecule has 0 unspecified atom stereocenters. The Bertz CT molecular complexity index is 1360.